The van der Waals surface area contributed by atoms with E-state index in [-0.39, 0.29) is 5.91 Å². The van der Waals surface area contributed by atoms with E-state index in [0.717, 1.165) is 11.3 Å². The van der Waals surface area contributed by atoms with Gasteiger partial charge in [-0.2, -0.15) is 0 Å². The molecule has 2 aromatic rings. The number of carbonyl (C=O) groups excluding carboxylic acids is 1. The highest BCUT2D eigenvalue weighted by Gasteiger charge is 2.09. The fourth-order valence-corrected chi connectivity index (χ4v) is 2.09. The van der Waals surface area contributed by atoms with Gasteiger partial charge < -0.3 is 4.74 Å². The van der Waals surface area contributed by atoms with Gasteiger partial charge in [0.1, 0.15) is 10.6 Å². The van der Waals surface area contributed by atoms with Crippen molar-refractivity contribution in [2.45, 2.75) is 6.54 Å². The molecular formula is C13H15N3O2S. The molecule has 2 rings (SSSR count). The predicted octanol–water partition coefficient (Wildman–Crippen LogP) is 1.93. The maximum absolute atomic E-state index is 11.8. The Hall–Kier alpha value is -1.92. The second-order valence-electron chi connectivity index (χ2n) is 4.02. The summed E-state index contributed by atoms with van der Waals surface area (Å²) in [7, 11) is 3.46. The number of methoxy groups -OCH3 is 1. The number of rotatable bonds is 5. The minimum Gasteiger partial charge on any atom is -0.497 e. The number of carbonyl (C=O) groups is 1. The quantitative estimate of drug-likeness (QED) is 0.848. The molecule has 0 aliphatic carbocycles. The number of hydrazine groups is 1. The van der Waals surface area contributed by atoms with Crippen LogP contribution in [0.1, 0.15) is 15.2 Å². The van der Waals surface area contributed by atoms with Gasteiger partial charge in [-0.05, 0) is 35.3 Å². The smallest absolute Gasteiger partial charge is 0.277 e. The highest BCUT2D eigenvalue weighted by atomic mass is 32.1. The normalized spacial score (nSPS) is 10.5. The molecule has 1 aromatic heterocycles. The first-order chi connectivity index (χ1) is 9.19. The molecule has 1 amide bonds. The third-order valence-corrected chi connectivity index (χ3v) is 3.28. The van der Waals surface area contributed by atoms with Crippen LogP contribution in [0.2, 0.25) is 0 Å². The number of aromatic nitrogens is 1. The van der Waals surface area contributed by atoms with Gasteiger partial charge in [0.05, 0.1) is 7.11 Å². The van der Waals surface area contributed by atoms with E-state index in [1.165, 1.54) is 11.5 Å². The van der Waals surface area contributed by atoms with E-state index in [1.54, 1.807) is 24.4 Å². The van der Waals surface area contributed by atoms with E-state index in [9.17, 15) is 4.79 Å². The summed E-state index contributed by atoms with van der Waals surface area (Å²) in [6.45, 7) is 0.620. The second kappa shape index (κ2) is 6.31. The first-order valence-corrected chi connectivity index (χ1v) is 6.52. The van der Waals surface area contributed by atoms with Gasteiger partial charge in [-0.25, -0.2) is 9.38 Å². The summed E-state index contributed by atoms with van der Waals surface area (Å²) in [6.07, 6.45) is 1.61. The molecule has 0 bridgehead atoms. The van der Waals surface area contributed by atoms with Crippen LogP contribution in [0.15, 0.2) is 36.5 Å². The van der Waals surface area contributed by atoms with Gasteiger partial charge in [0, 0.05) is 19.8 Å². The SMILES string of the molecule is COc1ccc(CN(C)NC(=O)c2ccns2)cc1. The van der Waals surface area contributed by atoms with E-state index in [4.69, 9.17) is 4.74 Å². The predicted molar refractivity (Wildman–Crippen MR) is 74.0 cm³/mol. The molecular weight excluding hydrogens is 262 g/mol. The van der Waals surface area contributed by atoms with E-state index in [2.05, 4.69) is 9.80 Å². The van der Waals surface area contributed by atoms with Crippen LogP contribution < -0.4 is 10.2 Å². The lowest BCUT2D eigenvalue weighted by molar-refractivity contribution is 0.0824. The molecule has 1 heterocycles. The van der Waals surface area contributed by atoms with Crippen molar-refractivity contribution in [3.05, 3.63) is 47.0 Å². The molecule has 1 aromatic carbocycles. The number of ether oxygens (including phenoxy) is 1. The van der Waals surface area contributed by atoms with Crippen molar-refractivity contribution in [1.82, 2.24) is 14.8 Å². The summed E-state index contributed by atoms with van der Waals surface area (Å²) in [5.41, 5.74) is 3.88. The van der Waals surface area contributed by atoms with E-state index >= 15 is 0 Å². The summed E-state index contributed by atoms with van der Waals surface area (Å²) in [6, 6.07) is 9.42. The molecule has 100 valence electrons. The van der Waals surface area contributed by atoms with Crippen molar-refractivity contribution in [2.24, 2.45) is 0 Å². The zero-order valence-electron chi connectivity index (χ0n) is 10.8. The molecule has 0 radical (unpaired) electrons. The van der Waals surface area contributed by atoms with Gasteiger partial charge in [-0.3, -0.25) is 10.2 Å². The van der Waals surface area contributed by atoms with Crippen LogP contribution in [0, 0.1) is 0 Å². The zero-order valence-corrected chi connectivity index (χ0v) is 11.6. The highest BCUT2D eigenvalue weighted by Crippen LogP contribution is 2.12. The average Bonchev–Trinajstić information content (AvgIpc) is 2.93. The molecule has 0 atom stereocenters. The third kappa shape index (κ3) is 3.77. The first-order valence-electron chi connectivity index (χ1n) is 5.75. The molecule has 6 heteroatoms. The Morgan fingerprint density at radius 1 is 1.37 bits per heavy atom. The molecule has 1 N–H and O–H groups in total. The molecule has 0 aliphatic heterocycles. The van der Waals surface area contributed by atoms with Gasteiger partial charge in [0.2, 0.25) is 0 Å². The minimum atomic E-state index is -0.140. The van der Waals surface area contributed by atoms with Crippen LogP contribution in [0.4, 0.5) is 0 Å². The lowest BCUT2D eigenvalue weighted by Crippen LogP contribution is -2.38. The van der Waals surface area contributed by atoms with Crippen molar-refractivity contribution in [1.29, 1.82) is 0 Å². The number of hydrogen-bond donors (Lipinski definition) is 1. The van der Waals surface area contributed by atoms with Crippen LogP contribution in [0.3, 0.4) is 0 Å². The van der Waals surface area contributed by atoms with E-state index in [1.807, 2.05) is 31.3 Å². The van der Waals surface area contributed by atoms with Crippen LogP contribution in [0.25, 0.3) is 0 Å². The van der Waals surface area contributed by atoms with Gasteiger partial charge in [-0.15, -0.1) is 0 Å². The zero-order chi connectivity index (χ0) is 13.7. The number of hydrogen-bond acceptors (Lipinski definition) is 5. The molecule has 0 aliphatic rings. The summed E-state index contributed by atoms with van der Waals surface area (Å²) in [5.74, 6) is 0.679. The summed E-state index contributed by atoms with van der Waals surface area (Å²) in [5, 5.41) is 1.74. The monoisotopic (exact) mass is 277 g/mol. The lowest BCUT2D eigenvalue weighted by Gasteiger charge is -2.17. The van der Waals surface area contributed by atoms with Gasteiger partial charge in [0.25, 0.3) is 5.91 Å². The lowest BCUT2D eigenvalue weighted by atomic mass is 10.2. The maximum atomic E-state index is 11.8. The Labute approximate surface area is 116 Å². The average molecular weight is 277 g/mol. The number of benzene rings is 1. The van der Waals surface area contributed by atoms with Crippen LogP contribution >= 0.6 is 11.5 Å². The first kappa shape index (κ1) is 13.5. The largest absolute Gasteiger partial charge is 0.497 e. The highest BCUT2D eigenvalue weighted by molar-refractivity contribution is 7.08. The van der Waals surface area contributed by atoms with Crippen molar-refractivity contribution < 1.29 is 9.53 Å². The Morgan fingerprint density at radius 2 is 2.11 bits per heavy atom. The Balaban J connectivity index is 1.90. The fourth-order valence-electron chi connectivity index (χ4n) is 1.61. The Kier molecular flexibility index (Phi) is 4.48. The van der Waals surface area contributed by atoms with E-state index < -0.39 is 0 Å². The Bertz CT molecular complexity index is 525. The third-order valence-electron chi connectivity index (χ3n) is 2.53. The molecule has 5 nitrogen and oxygen atoms in total. The number of nitrogens with one attached hydrogen (secondary N) is 1. The molecule has 19 heavy (non-hydrogen) atoms. The number of amides is 1. The summed E-state index contributed by atoms with van der Waals surface area (Å²) >= 11 is 1.18. The van der Waals surface area contributed by atoms with Gasteiger partial charge in [-0.1, -0.05) is 12.1 Å². The van der Waals surface area contributed by atoms with Crippen LogP contribution in [-0.4, -0.2) is 29.4 Å². The van der Waals surface area contributed by atoms with Crippen molar-refractivity contribution >= 4 is 17.4 Å². The summed E-state index contributed by atoms with van der Waals surface area (Å²) in [4.78, 5) is 12.4. The molecule has 0 unspecified atom stereocenters. The fraction of sp³-hybridized carbons (Fsp3) is 0.231. The Morgan fingerprint density at radius 3 is 2.68 bits per heavy atom. The molecule has 0 spiro atoms. The van der Waals surface area contributed by atoms with E-state index in [0.29, 0.717) is 11.4 Å². The van der Waals surface area contributed by atoms with Gasteiger partial charge >= 0.3 is 0 Å². The molecule has 0 saturated heterocycles. The standard InChI is InChI=1S/C13H15N3O2S/c1-16(15-13(17)12-7-8-14-19-12)9-10-3-5-11(18-2)6-4-10/h3-8H,9H2,1-2H3,(H,15,17). The van der Waals surface area contributed by atoms with Crippen LogP contribution in [-0.2, 0) is 6.54 Å². The van der Waals surface area contributed by atoms with Crippen molar-refractivity contribution in [2.75, 3.05) is 14.2 Å². The molecule has 0 saturated carbocycles. The van der Waals surface area contributed by atoms with Gasteiger partial charge in [0.15, 0.2) is 0 Å². The minimum absolute atomic E-state index is 0.140. The van der Waals surface area contributed by atoms with Crippen molar-refractivity contribution in [3.63, 3.8) is 0 Å². The summed E-state index contributed by atoms with van der Waals surface area (Å²) < 4.78 is 9.00. The van der Waals surface area contributed by atoms with Crippen LogP contribution in [0.5, 0.6) is 5.75 Å². The molecule has 0 fully saturated rings. The second-order valence-corrected chi connectivity index (χ2v) is 4.85. The number of nitrogens with zero attached hydrogens (tertiary/aromatic N) is 2. The topological polar surface area (TPSA) is 54.5 Å². The van der Waals surface area contributed by atoms with Crippen molar-refractivity contribution in [3.8, 4) is 5.75 Å². The maximum Gasteiger partial charge on any atom is 0.277 e.